The predicted octanol–water partition coefficient (Wildman–Crippen LogP) is 2.31. The first-order valence-corrected chi connectivity index (χ1v) is 6.43. The average Bonchev–Trinajstić information content (AvgIpc) is 2.29. The molecule has 0 spiro atoms. The molecule has 0 atom stereocenters. The molecule has 2 rings (SSSR count). The molecule has 4 heteroatoms. The lowest BCUT2D eigenvalue weighted by molar-refractivity contribution is -0.142. The molecule has 1 aliphatic heterocycles. The van der Waals surface area contributed by atoms with Crippen LogP contribution in [0.15, 0.2) is 23.1 Å². The lowest BCUT2D eigenvalue weighted by Gasteiger charge is -2.18. The average molecular weight is 237 g/mol. The van der Waals surface area contributed by atoms with Gasteiger partial charge in [0.05, 0.1) is 13.0 Å². The third kappa shape index (κ3) is 2.70. The van der Waals surface area contributed by atoms with Crippen LogP contribution in [0.4, 0.5) is 5.69 Å². The number of esters is 1. The molecule has 0 bridgehead atoms. The summed E-state index contributed by atoms with van der Waals surface area (Å²) in [5.74, 6) is 0.940. The molecular formula is C12H15NO2S. The lowest BCUT2D eigenvalue weighted by Crippen LogP contribution is -2.12. The zero-order valence-electron chi connectivity index (χ0n) is 9.29. The van der Waals surface area contributed by atoms with E-state index in [2.05, 4.69) is 11.4 Å². The van der Waals surface area contributed by atoms with Crippen molar-refractivity contribution >= 4 is 23.4 Å². The molecule has 0 amide bonds. The molecular weight excluding hydrogens is 222 g/mol. The second-order valence-corrected chi connectivity index (χ2v) is 4.72. The van der Waals surface area contributed by atoms with E-state index in [4.69, 9.17) is 4.74 Å². The normalized spacial score (nSPS) is 13.8. The van der Waals surface area contributed by atoms with Crippen molar-refractivity contribution in [3.63, 3.8) is 0 Å². The van der Waals surface area contributed by atoms with Gasteiger partial charge >= 0.3 is 5.97 Å². The first kappa shape index (κ1) is 11.3. The number of anilines is 1. The van der Waals surface area contributed by atoms with Crippen molar-refractivity contribution in [2.24, 2.45) is 0 Å². The van der Waals surface area contributed by atoms with Crippen LogP contribution in [-0.4, -0.2) is 24.9 Å². The van der Waals surface area contributed by atoms with Crippen molar-refractivity contribution in [1.29, 1.82) is 0 Å². The summed E-state index contributed by atoms with van der Waals surface area (Å²) in [6.07, 6.45) is 0.355. The van der Waals surface area contributed by atoms with E-state index in [9.17, 15) is 4.79 Å². The van der Waals surface area contributed by atoms with Crippen LogP contribution in [-0.2, 0) is 16.0 Å². The Morgan fingerprint density at radius 1 is 1.56 bits per heavy atom. The van der Waals surface area contributed by atoms with Gasteiger partial charge in [0.2, 0.25) is 0 Å². The zero-order valence-corrected chi connectivity index (χ0v) is 10.1. The van der Waals surface area contributed by atoms with Gasteiger partial charge in [-0.15, -0.1) is 11.8 Å². The molecule has 0 aliphatic carbocycles. The minimum Gasteiger partial charge on any atom is -0.466 e. The molecule has 16 heavy (non-hydrogen) atoms. The third-order valence-electron chi connectivity index (χ3n) is 2.37. The summed E-state index contributed by atoms with van der Waals surface area (Å²) in [5, 5.41) is 3.34. The summed E-state index contributed by atoms with van der Waals surface area (Å²) in [5.41, 5.74) is 2.14. The highest BCUT2D eigenvalue weighted by Crippen LogP contribution is 2.31. The fraction of sp³-hybridized carbons (Fsp3) is 0.417. The SMILES string of the molecule is CCOC(=O)Cc1ccc2c(c1)NCCS2. The van der Waals surface area contributed by atoms with Crippen LogP contribution in [0.25, 0.3) is 0 Å². The molecule has 1 aliphatic rings. The number of ether oxygens (including phenoxy) is 1. The van der Waals surface area contributed by atoms with Gasteiger partial charge in [0.15, 0.2) is 0 Å². The van der Waals surface area contributed by atoms with Crippen LogP contribution in [0.2, 0.25) is 0 Å². The fourth-order valence-electron chi connectivity index (χ4n) is 1.68. The number of nitrogens with one attached hydrogen (secondary N) is 1. The first-order valence-electron chi connectivity index (χ1n) is 5.45. The Morgan fingerprint density at radius 2 is 2.44 bits per heavy atom. The molecule has 1 aromatic carbocycles. The highest BCUT2D eigenvalue weighted by molar-refractivity contribution is 7.99. The highest BCUT2D eigenvalue weighted by Gasteiger charge is 2.11. The van der Waals surface area contributed by atoms with Crippen LogP contribution in [0.5, 0.6) is 0 Å². The Bertz CT molecular complexity index is 393. The van der Waals surface area contributed by atoms with E-state index in [0.717, 1.165) is 23.5 Å². The van der Waals surface area contributed by atoms with E-state index in [-0.39, 0.29) is 5.97 Å². The highest BCUT2D eigenvalue weighted by atomic mass is 32.2. The van der Waals surface area contributed by atoms with Gasteiger partial charge in [-0.05, 0) is 24.6 Å². The Morgan fingerprint density at radius 3 is 3.25 bits per heavy atom. The topological polar surface area (TPSA) is 38.3 Å². The van der Waals surface area contributed by atoms with E-state index >= 15 is 0 Å². The van der Waals surface area contributed by atoms with Gasteiger partial charge in [-0.3, -0.25) is 4.79 Å². The second kappa shape index (κ2) is 5.25. The molecule has 0 saturated heterocycles. The molecule has 1 heterocycles. The number of hydrogen-bond donors (Lipinski definition) is 1. The lowest BCUT2D eigenvalue weighted by atomic mass is 10.1. The maximum atomic E-state index is 11.3. The number of benzene rings is 1. The van der Waals surface area contributed by atoms with Crippen molar-refractivity contribution in [3.8, 4) is 0 Å². The van der Waals surface area contributed by atoms with Crippen LogP contribution in [0.3, 0.4) is 0 Å². The third-order valence-corrected chi connectivity index (χ3v) is 3.45. The number of carbonyl (C=O) groups is 1. The van der Waals surface area contributed by atoms with Gasteiger partial charge < -0.3 is 10.1 Å². The van der Waals surface area contributed by atoms with E-state index in [1.54, 1.807) is 0 Å². The molecule has 0 unspecified atom stereocenters. The standard InChI is InChI=1S/C12H15NO2S/c1-2-15-12(14)8-9-3-4-11-10(7-9)13-5-6-16-11/h3-4,7,13H,2,5-6,8H2,1H3. The molecule has 86 valence electrons. The van der Waals surface area contributed by atoms with Gasteiger partial charge in [0.25, 0.3) is 0 Å². The zero-order chi connectivity index (χ0) is 11.4. The molecule has 0 fully saturated rings. The van der Waals surface area contributed by atoms with Crippen LogP contribution in [0, 0.1) is 0 Å². The maximum Gasteiger partial charge on any atom is 0.310 e. The van der Waals surface area contributed by atoms with E-state index in [1.165, 1.54) is 4.90 Å². The largest absolute Gasteiger partial charge is 0.466 e. The first-order chi connectivity index (χ1) is 7.79. The van der Waals surface area contributed by atoms with Gasteiger partial charge in [0, 0.05) is 22.9 Å². The predicted molar refractivity (Wildman–Crippen MR) is 66.0 cm³/mol. The fourth-order valence-corrected chi connectivity index (χ4v) is 2.55. The van der Waals surface area contributed by atoms with E-state index in [1.807, 2.05) is 30.8 Å². The molecule has 1 N–H and O–H groups in total. The summed E-state index contributed by atoms with van der Waals surface area (Å²) in [6.45, 7) is 3.25. The van der Waals surface area contributed by atoms with Crippen LogP contribution in [0.1, 0.15) is 12.5 Å². The van der Waals surface area contributed by atoms with Crippen LogP contribution >= 0.6 is 11.8 Å². The summed E-state index contributed by atoms with van der Waals surface area (Å²) >= 11 is 1.85. The van der Waals surface area contributed by atoms with Gasteiger partial charge in [-0.2, -0.15) is 0 Å². The monoisotopic (exact) mass is 237 g/mol. The number of carbonyl (C=O) groups excluding carboxylic acids is 1. The summed E-state index contributed by atoms with van der Waals surface area (Å²) < 4.78 is 4.93. The quantitative estimate of drug-likeness (QED) is 0.819. The number of fused-ring (bicyclic) bond motifs is 1. The van der Waals surface area contributed by atoms with Crippen LogP contribution < -0.4 is 5.32 Å². The molecule has 3 nitrogen and oxygen atoms in total. The van der Waals surface area contributed by atoms with Gasteiger partial charge in [-0.1, -0.05) is 6.07 Å². The van der Waals surface area contributed by atoms with Crippen molar-refractivity contribution in [2.75, 3.05) is 24.2 Å². The minimum atomic E-state index is -0.161. The molecule has 0 aromatic heterocycles. The van der Waals surface area contributed by atoms with Gasteiger partial charge in [-0.25, -0.2) is 0 Å². The molecule has 0 radical (unpaired) electrons. The maximum absolute atomic E-state index is 11.3. The van der Waals surface area contributed by atoms with Gasteiger partial charge in [0.1, 0.15) is 0 Å². The Kier molecular flexibility index (Phi) is 3.72. The Balaban J connectivity index is 2.08. The van der Waals surface area contributed by atoms with E-state index in [0.29, 0.717) is 13.0 Å². The minimum absolute atomic E-state index is 0.161. The second-order valence-electron chi connectivity index (χ2n) is 3.59. The molecule has 0 saturated carbocycles. The van der Waals surface area contributed by atoms with Crippen molar-refractivity contribution in [3.05, 3.63) is 23.8 Å². The van der Waals surface area contributed by atoms with Crippen molar-refractivity contribution in [2.45, 2.75) is 18.2 Å². The summed E-state index contributed by atoms with van der Waals surface area (Å²) in [7, 11) is 0. The Labute approximate surface area is 99.6 Å². The van der Waals surface area contributed by atoms with Crippen molar-refractivity contribution < 1.29 is 9.53 Å². The number of thioether (sulfide) groups is 1. The molecule has 1 aromatic rings. The van der Waals surface area contributed by atoms with E-state index < -0.39 is 0 Å². The number of rotatable bonds is 3. The Hall–Kier alpha value is -1.16. The smallest absolute Gasteiger partial charge is 0.310 e. The van der Waals surface area contributed by atoms with Crippen molar-refractivity contribution in [1.82, 2.24) is 0 Å². The summed E-state index contributed by atoms with van der Waals surface area (Å²) in [4.78, 5) is 12.6. The number of hydrogen-bond acceptors (Lipinski definition) is 4. The summed E-state index contributed by atoms with van der Waals surface area (Å²) in [6, 6.07) is 6.11.